The SMILES string of the molecule is COC(=O)c1ncn2c1C(=O)N(Cc1ccc(OC)cc1OC)[C@@](C)(C(=O)NC1CCCC1)C2. The second-order valence-corrected chi connectivity index (χ2v) is 8.86. The van der Waals surface area contributed by atoms with Gasteiger partial charge in [-0.25, -0.2) is 9.78 Å². The maximum absolute atomic E-state index is 13.8. The van der Waals surface area contributed by atoms with E-state index < -0.39 is 17.4 Å². The summed E-state index contributed by atoms with van der Waals surface area (Å²) in [4.78, 5) is 45.3. The zero-order valence-corrected chi connectivity index (χ0v) is 19.9. The first-order valence-electron chi connectivity index (χ1n) is 11.3. The van der Waals surface area contributed by atoms with Gasteiger partial charge >= 0.3 is 5.97 Å². The Morgan fingerprint density at radius 3 is 2.56 bits per heavy atom. The number of benzene rings is 1. The number of carbonyl (C=O) groups excluding carboxylic acids is 3. The van der Waals surface area contributed by atoms with Crippen molar-refractivity contribution in [2.24, 2.45) is 0 Å². The molecule has 0 saturated heterocycles. The van der Waals surface area contributed by atoms with Crippen LogP contribution < -0.4 is 14.8 Å². The summed E-state index contributed by atoms with van der Waals surface area (Å²) in [6.45, 7) is 1.98. The van der Waals surface area contributed by atoms with Gasteiger partial charge in [-0.05, 0) is 31.9 Å². The summed E-state index contributed by atoms with van der Waals surface area (Å²) >= 11 is 0. The van der Waals surface area contributed by atoms with Crippen molar-refractivity contribution in [1.82, 2.24) is 19.8 Å². The number of hydrogen-bond donors (Lipinski definition) is 1. The van der Waals surface area contributed by atoms with E-state index in [2.05, 4.69) is 10.3 Å². The van der Waals surface area contributed by atoms with E-state index in [-0.39, 0.29) is 36.4 Å². The number of ether oxygens (including phenoxy) is 3. The van der Waals surface area contributed by atoms with E-state index >= 15 is 0 Å². The number of fused-ring (bicyclic) bond motifs is 1. The van der Waals surface area contributed by atoms with Crippen molar-refractivity contribution in [3.63, 3.8) is 0 Å². The fourth-order valence-corrected chi connectivity index (χ4v) is 4.75. The molecule has 0 bridgehead atoms. The van der Waals surface area contributed by atoms with E-state index in [0.29, 0.717) is 17.1 Å². The highest BCUT2D eigenvalue weighted by atomic mass is 16.5. The van der Waals surface area contributed by atoms with E-state index in [1.165, 1.54) is 25.4 Å². The van der Waals surface area contributed by atoms with E-state index in [4.69, 9.17) is 14.2 Å². The molecular weight excluding hydrogens is 440 g/mol. The molecule has 182 valence electrons. The van der Waals surface area contributed by atoms with Crippen molar-refractivity contribution in [2.45, 2.75) is 57.3 Å². The largest absolute Gasteiger partial charge is 0.497 e. The van der Waals surface area contributed by atoms with Crippen LogP contribution in [0.15, 0.2) is 24.5 Å². The molecule has 1 aromatic carbocycles. The number of methoxy groups -OCH3 is 3. The fourth-order valence-electron chi connectivity index (χ4n) is 4.75. The Labute approximate surface area is 198 Å². The summed E-state index contributed by atoms with van der Waals surface area (Å²) in [5, 5.41) is 3.13. The number of carbonyl (C=O) groups is 3. The lowest BCUT2D eigenvalue weighted by Gasteiger charge is -2.44. The monoisotopic (exact) mass is 470 g/mol. The number of nitrogens with one attached hydrogen (secondary N) is 1. The summed E-state index contributed by atoms with van der Waals surface area (Å²) in [6.07, 6.45) is 5.39. The normalized spacial score (nSPS) is 20.1. The lowest BCUT2D eigenvalue weighted by molar-refractivity contribution is -0.134. The van der Waals surface area contributed by atoms with Gasteiger partial charge < -0.3 is 29.0 Å². The second-order valence-electron chi connectivity index (χ2n) is 8.86. The van der Waals surface area contributed by atoms with E-state index in [1.807, 2.05) is 0 Å². The Kier molecular flexibility index (Phi) is 6.49. The molecule has 1 atom stereocenters. The third-order valence-corrected chi connectivity index (χ3v) is 6.74. The third kappa shape index (κ3) is 4.08. The van der Waals surface area contributed by atoms with Crippen molar-refractivity contribution >= 4 is 17.8 Å². The maximum atomic E-state index is 13.8. The molecule has 2 amide bonds. The molecule has 1 aliphatic heterocycles. The van der Waals surface area contributed by atoms with Gasteiger partial charge in [-0.2, -0.15) is 0 Å². The molecule has 10 heteroatoms. The van der Waals surface area contributed by atoms with E-state index in [1.54, 1.807) is 36.8 Å². The first-order valence-corrected chi connectivity index (χ1v) is 11.3. The topological polar surface area (TPSA) is 112 Å². The molecule has 0 spiro atoms. The van der Waals surface area contributed by atoms with Gasteiger partial charge in [-0.15, -0.1) is 0 Å². The summed E-state index contributed by atoms with van der Waals surface area (Å²) in [5.41, 5.74) is -0.488. The van der Waals surface area contributed by atoms with Crippen molar-refractivity contribution in [1.29, 1.82) is 0 Å². The van der Waals surface area contributed by atoms with Gasteiger partial charge in [0.15, 0.2) is 5.69 Å². The van der Waals surface area contributed by atoms with Crippen molar-refractivity contribution in [2.75, 3.05) is 21.3 Å². The van der Waals surface area contributed by atoms with Crippen LogP contribution in [0.25, 0.3) is 0 Å². The molecule has 1 aliphatic carbocycles. The van der Waals surface area contributed by atoms with Gasteiger partial charge in [-0.1, -0.05) is 12.8 Å². The van der Waals surface area contributed by atoms with Crippen LogP contribution in [-0.2, 0) is 22.6 Å². The molecule has 2 aromatic rings. The van der Waals surface area contributed by atoms with Crippen LogP contribution in [-0.4, -0.2) is 65.1 Å². The Morgan fingerprint density at radius 2 is 1.91 bits per heavy atom. The minimum absolute atomic E-state index is 0.0718. The molecule has 1 saturated carbocycles. The summed E-state index contributed by atoms with van der Waals surface area (Å²) in [6, 6.07) is 5.38. The van der Waals surface area contributed by atoms with Crippen LogP contribution in [0.3, 0.4) is 0 Å². The molecular formula is C24H30N4O6. The van der Waals surface area contributed by atoms with Crippen LogP contribution in [0.2, 0.25) is 0 Å². The first kappa shape index (κ1) is 23.6. The standard InChI is InChI=1S/C24H30N4O6/c1-24(23(31)26-16-7-5-6-8-16)13-27-14-25-19(22(30)34-4)20(27)21(29)28(24)12-15-9-10-17(32-2)11-18(15)33-3/h9-11,14,16H,5-8,12-13H2,1-4H3,(H,26,31)/t24-/m1/s1. The number of rotatable bonds is 7. The number of nitrogens with zero attached hydrogens (tertiary/aromatic N) is 3. The Hall–Kier alpha value is -3.56. The van der Waals surface area contributed by atoms with Crippen LogP contribution in [0.4, 0.5) is 0 Å². The summed E-state index contributed by atoms with van der Waals surface area (Å²) < 4.78 is 17.2. The number of hydrogen-bond acceptors (Lipinski definition) is 7. The predicted molar refractivity (Wildman–Crippen MR) is 122 cm³/mol. The molecule has 1 fully saturated rings. The number of esters is 1. The first-order chi connectivity index (χ1) is 16.3. The lowest BCUT2D eigenvalue weighted by atomic mass is 9.92. The Bertz CT molecular complexity index is 1110. The fraction of sp³-hybridized carbons (Fsp3) is 0.500. The molecule has 2 heterocycles. The minimum atomic E-state index is -1.22. The van der Waals surface area contributed by atoms with Crippen molar-refractivity contribution in [3.8, 4) is 11.5 Å². The van der Waals surface area contributed by atoms with Crippen LogP contribution >= 0.6 is 0 Å². The summed E-state index contributed by atoms with van der Waals surface area (Å²) in [7, 11) is 4.33. The highest BCUT2D eigenvalue weighted by Gasteiger charge is 2.49. The van der Waals surface area contributed by atoms with Crippen molar-refractivity contribution < 1.29 is 28.6 Å². The molecule has 4 rings (SSSR count). The second kappa shape index (κ2) is 9.36. The average Bonchev–Trinajstić information content (AvgIpc) is 3.51. The van der Waals surface area contributed by atoms with Gasteiger partial charge in [0.2, 0.25) is 5.91 Å². The lowest BCUT2D eigenvalue weighted by Crippen LogP contribution is -2.64. The smallest absolute Gasteiger partial charge is 0.359 e. The molecule has 34 heavy (non-hydrogen) atoms. The maximum Gasteiger partial charge on any atom is 0.359 e. The van der Waals surface area contributed by atoms with Crippen LogP contribution in [0.5, 0.6) is 11.5 Å². The zero-order valence-electron chi connectivity index (χ0n) is 19.9. The molecule has 2 aliphatic rings. The number of amides is 2. The van der Waals surface area contributed by atoms with E-state index in [9.17, 15) is 14.4 Å². The van der Waals surface area contributed by atoms with Gasteiger partial charge in [0.05, 0.1) is 40.7 Å². The average molecular weight is 471 g/mol. The molecule has 0 unspecified atom stereocenters. The third-order valence-electron chi connectivity index (χ3n) is 6.74. The van der Waals surface area contributed by atoms with Gasteiger partial charge in [0.25, 0.3) is 5.91 Å². The molecule has 10 nitrogen and oxygen atoms in total. The molecule has 0 radical (unpaired) electrons. The predicted octanol–water partition coefficient (Wildman–Crippen LogP) is 2.16. The molecule has 1 aromatic heterocycles. The summed E-state index contributed by atoms with van der Waals surface area (Å²) in [5.74, 6) is -0.287. The quantitative estimate of drug-likeness (QED) is 0.617. The number of aromatic nitrogens is 2. The molecule has 1 N–H and O–H groups in total. The highest BCUT2D eigenvalue weighted by molar-refractivity contribution is 6.06. The van der Waals surface area contributed by atoms with Gasteiger partial charge in [-0.3, -0.25) is 9.59 Å². The van der Waals surface area contributed by atoms with Gasteiger partial charge in [0.1, 0.15) is 22.7 Å². The van der Waals surface area contributed by atoms with Crippen molar-refractivity contribution in [3.05, 3.63) is 41.5 Å². The highest BCUT2D eigenvalue weighted by Crippen LogP contribution is 2.34. The Morgan fingerprint density at radius 1 is 1.18 bits per heavy atom. The van der Waals surface area contributed by atoms with Crippen LogP contribution in [0.1, 0.15) is 59.1 Å². The zero-order chi connectivity index (χ0) is 24.5. The van der Waals surface area contributed by atoms with Crippen LogP contribution in [0, 0.1) is 0 Å². The van der Waals surface area contributed by atoms with E-state index in [0.717, 1.165) is 25.7 Å². The Balaban J connectivity index is 1.75. The minimum Gasteiger partial charge on any atom is -0.497 e. The van der Waals surface area contributed by atoms with Gasteiger partial charge in [0, 0.05) is 17.7 Å². The number of imidazole rings is 1.